The number of rotatable bonds is 6. The van der Waals surface area contributed by atoms with Gasteiger partial charge in [0.1, 0.15) is 12.2 Å². The highest BCUT2D eigenvalue weighted by Gasteiger charge is 2.44. The summed E-state index contributed by atoms with van der Waals surface area (Å²) in [7, 11) is 0. The first kappa shape index (κ1) is 26.0. The van der Waals surface area contributed by atoms with E-state index in [0.717, 1.165) is 33.8 Å². The summed E-state index contributed by atoms with van der Waals surface area (Å²) >= 11 is 1.71. The molecule has 2 aliphatic heterocycles. The van der Waals surface area contributed by atoms with Crippen molar-refractivity contribution in [2.24, 2.45) is 5.92 Å². The summed E-state index contributed by atoms with van der Waals surface area (Å²) in [6.07, 6.45) is -0.101. The van der Waals surface area contributed by atoms with Gasteiger partial charge in [0, 0.05) is 33.8 Å². The van der Waals surface area contributed by atoms with Crippen molar-refractivity contribution in [3.8, 4) is 0 Å². The predicted octanol–water partition coefficient (Wildman–Crippen LogP) is 5.71. The van der Waals surface area contributed by atoms with Gasteiger partial charge in [0.25, 0.3) is 0 Å². The number of fused-ring (bicyclic) bond motifs is 2. The number of hydrogen-bond donors (Lipinski definition) is 0. The van der Waals surface area contributed by atoms with Crippen molar-refractivity contribution in [2.45, 2.75) is 74.9 Å². The molecule has 0 saturated carbocycles. The van der Waals surface area contributed by atoms with Crippen LogP contribution in [0.25, 0.3) is 0 Å². The van der Waals surface area contributed by atoms with Crippen molar-refractivity contribution in [3.63, 3.8) is 0 Å². The second-order valence-corrected chi connectivity index (χ2v) is 10.6. The SMILES string of the molecule is C=C(C)C(=O)OC1CC(C(=O)OC2(C)c3ccccc3CSc3ccccc32)CC(=O)OC1CCC. The Bertz CT molecular complexity index is 1120. The summed E-state index contributed by atoms with van der Waals surface area (Å²) in [6.45, 7) is 9.07. The number of benzene rings is 2. The monoisotopic (exact) mass is 508 g/mol. The van der Waals surface area contributed by atoms with Gasteiger partial charge in [0.15, 0.2) is 5.60 Å². The average molecular weight is 509 g/mol. The summed E-state index contributed by atoms with van der Waals surface area (Å²) < 4.78 is 17.6. The Morgan fingerprint density at radius 1 is 1.14 bits per heavy atom. The molecule has 2 heterocycles. The lowest BCUT2D eigenvalue weighted by atomic mass is 9.85. The Morgan fingerprint density at radius 3 is 2.56 bits per heavy atom. The number of carbonyl (C=O) groups is 3. The molecule has 1 saturated heterocycles. The van der Waals surface area contributed by atoms with Crippen LogP contribution in [0.15, 0.2) is 65.6 Å². The topological polar surface area (TPSA) is 78.9 Å². The van der Waals surface area contributed by atoms with Gasteiger partial charge in [-0.3, -0.25) is 9.59 Å². The molecule has 2 aromatic carbocycles. The molecule has 0 aliphatic carbocycles. The van der Waals surface area contributed by atoms with Crippen LogP contribution in [0, 0.1) is 5.92 Å². The van der Waals surface area contributed by atoms with Crippen LogP contribution in [0.4, 0.5) is 0 Å². The molecule has 4 rings (SSSR count). The molecule has 190 valence electrons. The molecule has 6 nitrogen and oxygen atoms in total. The van der Waals surface area contributed by atoms with E-state index in [2.05, 4.69) is 6.58 Å². The summed E-state index contributed by atoms with van der Waals surface area (Å²) in [5, 5.41) is 0. The summed E-state index contributed by atoms with van der Waals surface area (Å²) in [5.41, 5.74) is 2.11. The van der Waals surface area contributed by atoms with Crippen molar-refractivity contribution in [1.29, 1.82) is 0 Å². The van der Waals surface area contributed by atoms with Gasteiger partial charge in [-0.2, -0.15) is 0 Å². The largest absolute Gasteiger partial charge is 0.458 e. The normalized spacial score (nSPS) is 25.3. The zero-order valence-electron chi connectivity index (χ0n) is 21.0. The van der Waals surface area contributed by atoms with E-state index < -0.39 is 41.6 Å². The number of ether oxygens (including phenoxy) is 3. The fraction of sp³-hybridized carbons (Fsp3) is 0.414. The summed E-state index contributed by atoms with van der Waals surface area (Å²) in [6, 6.07) is 15.9. The fourth-order valence-corrected chi connectivity index (χ4v) is 6.03. The predicted molar refractivity (Wildman–Crippen MR) is 137 cm³/mol. The Balaban J connectivity index is 1.67. The third-order valence-corrected chi connectivity index (χ3v) is 7.88. The molecule has 2 aromatic rings. The molecule has 4 atom stereocenters. The van der Waals surface area contributed by atoms with Crippen LogP contribution in [-0.2, 0) is 39.9 Å². The van der Waals surface area contributed by atoms with Gasteiger partial charge in [-0.15, -0.1) is 11.8 Å². The van der Waals surface area contributed by atoms with Gasteiger partial charge in [0.2, 0.25) is 0 Å². The molecule has 0 bridgehead atoms. The van der Waals surface area contributed by atoms with Crippen molar-refractivity contribution >= 4 is 29.7 Å². The van der Waals surface area contributed by atoms with E-state index in [1.54, 1.807) is 18.7 Å². The van der Waals surface area contributed by atoms with Crippen LogP contribution in [0.2, 0.25) is 0 Å². The lowest BCUT2D eigenvalue weighted by molar-refractivity contribution is -0.164. The maximum absolute atomic E-state index is 13.7. The van der Waals surface area contributed by atoms with Gasteiger partial charge in [-0.05, 0) is 31.9 Å². The minimum atomic E-state index is -1.04. The minimum Gasteiger partial charge on any atom is -0.458 e. The third kappa shape index (κ3) is 5.36. The molecule has 4 unspecified atom stereocenters. The Hall–Kier alpha value is -3.06. The first-order valence-corrected chi connectivity index (χ1v) is 13.3. The quantitative estimate of drug-likeness (QED) is 0.281. The highest BCUT2D eigenvalue weighted by molar-refractivity contribution is 7.98. The number of carbonyl (C=O) groups excluding carboxylic acids is 3. The van der Waals surface area contributed by atoms with Crippen LogP contribution in [0.3, 0.4) is 0 Å². The van der Waals surface area contributed by atoms with Crippen LogP contribution in [0.5, 0.6) is 0 Å². The van der Waals surface area contributed by atoms with Crippen LogP contribution >= 0.6 is 11.8 Å². The fourth-order valence-electron chi connectivity index (χ4n) is 4.87. The lowest BCUT2D eigenvalue weighted by Crippen LogP contribution is -2.37. The van der Waals surface area contributed by atoms with Gasteiger partial charge >= 0.3 is 17.9 Å². The van der Waals surface area contributed by atoms with E-state index >= 15 is 0 Å². The Labute approximate surface area is 216 Å². The van der Waals surface area contributed by atoms with Crippen LogP contribution < -0.4 is 0 Å². The van der Waals surface area contributed by atoms with E-state index in [0.29, 0.717) is 6.42 Å². The number of esters is 3. The smallest absolute Gasteiger partial charge is 0.333 e. The van der Waals surface area contributed by atoms with E-state index in [9.17, 15) is 14.4 Å². The van der Waals surface area contributed by atoms with E-state index in [1.165, 1.54) is 0 Å². The molecule has 0 amide bonds. The van der Waals surface area contributed by atoms with Crippen LogP contribution in [-0.4, -0.2) is 30.1 Å². The summed E-state index contributed by atoms with van der Waals surface area (Å²) in [4.78, 5) is 39.8. The highest BCUT2D eigenvalue weighted by Crippen LogP contribution is 2.45. The zero-order valence-corrected chi connectivity index (χ0v) is 21.8. The molecule has 2 aliphatic rings. The second-order valence-electron chi connectivity index (χ2n) is 9.57. The van der Waals surface area contributed by atoms with Crippen molar-refractivity contribution in [2.75, 3.05) is 0 Å². The van der Waals surface area contributed by atoms with Gasteiger partial charge in [-0.25, -0.2) is 4.79 Å². The van der Waals surface area contributed by atoms with E-state index in [4.69, 9.17) is 14.2 Å². The molecule has 0 aromatic heterocycles. The molecule has 36 heavy (non-hydrogen) atoms. The molecular weight excluding hydrogens is 476 g/mol. The standard InChI is InChI=1S/C29H32O6S/c1-5-10-23-24(34-27(31)18(2)3)15-20(16-26(30)33-23)28(32)35-29(4)21-12-7-6-11-19(21)17-36-25-14-9-8-13-22(25)29/h6-9,11-14,20,23-24H,2,5,10,15-17H2,1,3-4H3. The first-order valence-electron chi connectivity index (χ1n) is 12.3. The molecule has 7 heteroatoms. The third-order valence-electron chi connectivity index (χ3n) is 6.76. The number of cyclic esters (lactones) is 1. The van der Waals surface area contributed by atoms with Crippen molar-refractivity contribution < 1.29 is 28.6 Å². The molecule has 0 spiro atoms. The van der Waals surface area contributed by atoms with Gasteiger partial charge in [-0.1, -0.05) is 62.4 Å². The number of hydrogen-bond acceptors (Lipinski definition) is 7. The minimum absolute atomic E-state index is 0.131. The molecule has 0 N–H and O–H groups in total. The van der Waals surface area contributed by atoms with E-state index in [-0.39, 0.29) is 18.4 Å². The van der Waals surface area contributed by atoms with Gasteiger partial charge in [0.05, 0.1) is 12.3 Å². The maximum Gasteiger partial charge on any atom is 0.333 e. The average Bonchev–Trinajstić information content (AvgIpc) is 3.08. The van der Waals surface area contributed by atoms with E-state index in [1.807, 2.05) is 62.4 Å². The lowest BCUT2D eigenvalue weighted by Gasteiger charge is -2.33. The second kappa shape index (κ2) is 10.9. The Kier molecular flexibility index (Phi) is 7.88. The molecule has 1 fully saturated rings. The highest BCUT2D eigenvalue weighted by atomic mass is 32.2. The number of thioether (sulfide) groups is 1. The molecular formula is C29H32O6S. The van der Waals surface area contributed by atoms with Gasteiger partial charge < -0.3 is 14.2 Å². The molecule has 0 radical (unpaired) electrons. The van der Waals surface area contributed by atoms with Crippen molar-refractivity contribution in [3.05, 3.63) is 77.4 Å². The van der Waals surface area contributed by atoms with Crippen molar-refractivity contribution in [1.82, 2.24) is 0 Å². The first-order chi connectivity index (χ1) is 17.2. The summed E-state index contributed by atoms with van der Waals surface area (Å²) in [5.74, 6) is -1.63. The maximum atomic E-state index is 13.7. The van der Waals surface area contributed by atoms with Crippen LogP contribution in [0.1, 0.15) is 63.1 Å². The Morgan fingerprint density at radius 2 is 1.83 bits per heavy atom. The zero-order chi connectivity index (χ0) is 25.9.